The summed E-state index contributed by atoms with van der Waals surface area (Å²) in [6.45, 7) is 7.45. The van der Waals surface area contributed by atoms with Crippen molar-refractivity contribution in [2.45, 2.75) is 26.3 Å². The van der Waals surface area contributed by atoms with Crippen molar-refractivity contribution in [2.75, 3.05) is 53.6 Å². The Labute approximate surface area is 168 Å². The Balaban J connectivity index is 1.71. The topological polar surface area (TPSA) is 75.2 Å². The van der Waals surface area contributed by atoms with Gasteiger partial charge in [0.25, 0.3) is 5.91 Å². The predicted molar refractivity (Wildman–Crippen MR) is 112 cm³/mol. The Morgan fingerprint density at radius 1 is 1.29 bits per heavy atom. The van der Waals surface area contributed by atoms with Crippen molar-refractivity contribution in [1.82, 2.24) is 15.5 Å². The zero-order chi connectivity index (χ0) is 20.2. The van der Waals surface area contributed by atoms with Crippen LogP contribution < -0.4 is 10.6 Å². The fraction of sp³-hybridized carbons (Fsp3) is 0.619. The van der Waals surface area contributed by atoms with Gasteiger partial charge in [-0.25, -0.2) is 4.99 Å². The largest absolute Gasteiger partial charge is 0.381 e. The van der Waals surface area contributed by atoms with Crippen LogP contribution in [0.3, 0.4) is 0 Å². The van der Waals surface area contributed by atoms with Crippen LogP contribution in [0.25, 0.3) is 0 Å². The molecule has 156 valence electrons. The fourth-order valence-corrected chi connectivity index (χ4v) is 2.87. The summed E-state index contributed by atoms with van der Waals surface area (Å²) in [6, 6.07) is 7.59. The summed E-state index contributed by atoms with van der Waals surface area (Å²) in [7, 11) is 3.51. The van der Waals surface area contributed by atoms with Crippen molar-refractivity contribution < 1.29 is 14.3 Å². The van der Waals surface area contributed by atoms with Crippen molar-refractivity contribution in [3.05, 3.63) is 35.4 Å². The van der Waals surface area contributed by atoms with Gasteiger partial charge in [0, 0.05) is 51.9 Å². The molecule has 0 spiro atoms. The molecule has 7 nitrogen and oxygen atoms in total. The van der Waals surface area contributed by atoms with Crippen LogP contribution in [0.15, 0.2) is 29.3 Å². The van der Waals surface area contributed by atoms with Crippen molar-refractivity contribution in [2.24, 2.45) is 10.9 Å². The second-order valence-corrected chi connectivity index (χ2v) is 7.18. The van der Waals surface area contributed by atoms with Crippen LogP contribution in [0, 0.1) is 5.92 Å². The maximum Gasteiger partial charge on any atom is 0.253 e. The van der Waals surface area contributed by atoms with E-state index in [0.717, 1.165) is 63.9 Å². The summed E-state index contributed by atoms with van der Waals surface area (Å²) >= 11 is 0. The molecule has 2 rings (SSSR count). The molecule has 1 amide bonds. The first kappa shape index (κ1) is 22.2. The number of hydrogen-bond donors (Lipinski definition) is 2. The summed E-state index contributed by atoms with van der Waals surface area (Å²) < 4.78 is 11.1. The molecule has 2 N–H and O–H groups in total. The van der Waals surface area contributed by atoms with E-state index in [1.165, 1.54) is 0 Å². The van der Waals surface area contributed by atoms with Crippen molar-refractivity contribution >= 4 is 11.9 Å². The van der Waals surface area contributed by atoms with Crippen LogP contribution in [-0.2, 0) is 16.0 Å². The molecule has 1 fully saturated rings. The molecule has 1 heterocycles. The highest BCUT2D eigenvalue weighted by atomic mass is 16.5. The third-order valence-corrected chi connectivity index (χ3v) is 4.51. The number of amides is 1. The van der Waals surface area contributed by atoms with Gasteiger partial charge in [-0.05, 0) is 37.5 Å². The lowest BCUT2D eigenvalue weighted by molar-refractivity contribution is 0.0827. The Kier molecular flexibility index (Phi) is 9.79. The number of carbonyl (C=O) groups excluding carboxylic acids is 1. The molecule has 1 unspecified atom stereocenters. The number of benzene rings is 1. The van der Waals surface area contributed by atoms with E-state index in [9.17, 15) is 4.79 Å². The summed E-state index contributed by atoms with van der Waals surface area (Å²) in [5.41, 5.74) is 1.75. The monoisotopic (exact) mass is 390 g/mol. The number of carbonyl (C=O) groups is 1. The molecule has 0 bridgehead atoms. The molecule has 28 heavy (non-hydrogen) atoms. The Hall–Kier alpha value is -2.12. The van der Waals surface area contributed by atoms with E-state index in [0.29, 0.717) is 18.0 Å². The van der Waals surface area contributed by atoms with E-state index < -0.39 is 0 Å². The molecule has 0 aliphatic carbocycles. The molecule has 1 aliphatic rings. The molecule has 7 heteroatoms. The number of aliphatic imine (C=N–C) groups is 1. The Morgan fingerprint density at radius 2 is 2.07 bits per heavy atom. The van der Waals surface area contributed by atoms with Gasteiger partial charge in [-0.3, -0.25) is 4.79 Å². The van der Waals surface area contributed by atoms with Crippen LogP contribution in [0.2, 0.25) is 0 Å². The maximum absolute atomic E-state index is 11.9. The van der Waals surface area contributed by atoms with E-state index in [-0.39, 0.29) is 5.91 Å². The lowest BCUT2D eigenvalue weighted by Gasteiger charge is -2.13. The first-order chi connectivity index (χ1) is 13.6. The van der Waals surface area contributed by atoms with Gasteiger partial charge in [-0.2, -0.15) is 0 Å². The lowest BCUT2D eigenvalue weighted by atomic mass is 10.1. The van der Waals surface area contributed by atoms with Crippen LogP contribution in [0.1, 0.15) is 35.7 Å². The molecule has 0 radical (unpaired) electrons. The SMILES string of the molecule is CCNC(=NCc1ccc(C(=O)N(C)C)cc1)NCCCOCC1CCOC1. The van der Waals surface area contributed by atoms with Crippen LogP contribution in [0.4, 0.5) is 0 Å². The predicted octanol–water partition coefficient (Wildman–Crippen LogP) is 1.89. The second kappa shape index (κ2) is 12.4. The van der Waals surface area contributed by atoms with Gasteiger partial charge >= 0.3 is 0 Å². The smallest absolute Gasteiger partial charge is 0.253 e. The minimum Gasteiger partial charge on any atom is -0.381 e. The van der Waals surface area contributed by atoms with Gasteiger partial charge in [0.15, 0.2) is 5.96 Å². The van der Waals surface area contributed by atoms with E-state index >= 15 is 0 Å². The van der Waals surface area contributed by atoms with E-state index in [1.807, 2.05) is 31.2 Å². The number of guanidine groups is 1. The highest BCUT2D eigenvalue weighted by Crippen LogP contribution is 2.12. The molecule has 0 saturated carbocycles. The molecular weight excluding hydrogens is 356 g/mol. The zero-order valence-corrected chi connectivity index (χ0v) is 17.4. The highest BCUT2D eigenvalue weighted by Gasteiger charge is 2.15. The summed E-state index contributed by atoms with van der Waals surface area (Å²) in [4.78, 5) is 18.1. The van der Waals surface area contributed by atoms with Gasteiger partial charge in [-0.15, -0.1) is 0 Å². The van der Waals surface area contributed by atoms with Crippen LogP contribution in [0.5, 0.6) is 0 Å². The summed E-state index contributed by atoms with van der Waals surface area (Å²) in [5.74, 6) is 1.36. The zero-order valence-electron chi connectivity index (χ0n) is 17.4. The first-order valence-corrected chi connectivity index (χ1v) is 10.1. The maximum atomic E-state index is 11.9. The first-order valence-electron chi connectivity index (χ1n) is 10.1. The normalized spacial score (nSPS) is 16.8. The van der Waals surface area contributed by atoms with Crippen molar-refractivity contribution in [3.8, 4) is 0 Å². The number of rotatable bonds is 10. The molecule has 1 aromatic carbocycles. The van der Waals surface area contributed by atoms with Gasteiger partial charge < -0.3 is 25.0 Å². The van der Waals surface area contributed by atoms with Gasteiger partial charge in [-0.1, -0.05) is 12.1 Å². The van der Waals surface area contributed by atoms with Crippen molar-refractivity contribution in [3.63, 3.8) is 0 Å². The number of nitrogens with one attached hydrogen (secondary N) is 2. The Bertz CT molecular complexity index is 611. The average Bonchev–Trinajstić information content (AvgIpc) is 3.22. The molecular formula is C21H34N4O3. The molecule has 1 saturated heterocycles. The van der Waals surface area contributed by atoms with E-state index in [1.54, 1.807) is 19.0 Å². The summed E-state index contributed by atoms with van der Waals surface area (Å²) in [5, 5.41) is 6.59. The lowest BCUT2D eigenvalue weighted by Crippen LogP contribution is -2.38. The molecule has 1 aromatic rings. The van der Waals surface area contributed by atoms with Crippen LogP contribution in [-0.4, -0.2) is 70.4 Å². The standard InChI is InChI=1S/C21H34N4O3/c1-4-22-21(23-11-5-12-27-15-18-10-13-28-16-18)24-14-17-6-8-19(9-7-17)20(26)25(2)3/h6-9,18H,4-5,10-16H2,1-3H3,(H2,22,23,24). The summed E-state index contributed by atoms with van der Waals surface area (Å²) in [6.07, 6.45) is 2.04. The number of nitrogens with zero attached hydrogens (tertiary/aromatic N) is 2. The van der Waals surface area contributed by atoms with Gasteiger partial charge in [0.1, 0.15) is 0 Å². The fourth-order valence-electron chi connectivity index (χ4n) is 2.87. The van der Waals surface area contributed by atoms with E-state index in [4.69, 9.17) is 9.47 Å². The van der Waals surface area contributed by atoms with Crippen molar-refractivity contribution in [1.29, 1.82) is 0 Å². The average molecular weight is 391 g/mol. The molecule has 1 atom stereocenters. The minimum atomic E-state index is 0.00716. The highest BCUT2D eigenvalue weighted by molar-refractivity contribution is 5.93. The quantitative estimate of drug-likeness (QED) is 0.363. The Morgan fingerprint density at radius 3 is 2.71 bits per heavy atom. The number of hydrogen-bond acceptors (Lipinski definition) is 4. The molecule has 1 aliphatic heterocycles. The number of ether oxygens (including phenoxy) is 2. The van der Waals surface area contributed by atoms with Gasteiger partial charge in [0.2, 0.25) is 0 Å². The third kappa shape index (κ3) is 7.86. The minimum absolute atomic E-state index is 0.00716. The second-order valence-electron chi connectivity index (χ2n) is 7.18. The molecule has 0 aromatic heterocycles. The van der Waals surface area contributed by atoms with E-state index in [2.05, 4.69) is 15.6 Å². The van der Waals surface area contributed by atoms with Crippen LogP contribution >= 0.6 is 0 Å². The van der Waals surface area contributed by atoms with Gasteiger partial charge in [0.05, 0.1) is 19.8 Å². The third-order valence-electron chi connectivity index (χ3n) is 4.51.